The third-order valence-corrected chi connectivity index (χ3v) is 2.11. The van der Waals surface area contributed by atoms with Crippen LogP contribution in [-0.4, -0.2) is 25.8 Å². The fourth-order valence-corrected chi connectivity index (χ4v) is 1.42. The monoisotopic (exact) mass is 219 g/mol. The molecule has 0 aliphatic rings. The van der Waals surface area contributed by atoms with Crippen LogP contribution in [0.1, 0.15) is 6.92 Å². The summed E-state index contributed by atoms with van der Waals surface area (Å²) in [6.45, 7) is 2.65. The number of nitrogens with zero attached hydrogens (tertiary/aromatic N) is 3. The number of hydrogen-bond donors (Lipinski definition) is 2. The summed E-state index contributed by atoms with van der Waals surface area (Å²) in [5, 5.41) is 7.12. The van der Waals surface area contributed by atoms with Gasteiger partial charge in [-0.25, -0.2) is 4.98 Å². The molecule has 0 saturated heterocycles. The van der Waals surface area contributed by atoms with Gasteiger partial charge in [0.2, 0.25) is 0 Å². The number of rotatable bonds is 4. The number of nitrogens with one attached hydrogen (secondary N) is 2. The van der Waals surface area contributed by atoms with Gasteiger partial charge in [-0.3, -0.25) is 9.48 Å². The molecular weight excluding hydrogens is 206 g/mol. The van der Waals surface area contributed by atoms with E-state index in [0.717, 1.165) is 0 Å². The van der Waals surface area contributed by atoms with E-state index in [1.165, 1.54) is 6.20 Å². The van der Waals surface area contributed by atoms with Crippen molar-refractivity contribution in [3.8, 4) is 0 Å². The number of hydrogen-bond acceptors (Lipinski definition) is 4. The van der Waals surface area contributed by atoms with Crippen LogP contribution in [0.5, 0.6) is 0 Å². The van der Waals surface area contributed by atoms with Gasteiger partial charge in [-0.2, -0.15) is 5.10 Å². The number of aromatic amines is 1. The summed E-state index contributed by atoms with van der Waals surface area (Å²) in [5.41, 5.74) is -0.213. The lowest BCUT2D eigenvalue weighted by Gasteiger charge is -2.13. The Morgan fingerprint density at radius 1 is 1.56 bits per heavy atom. The van der Waals surface area contributed by atoms with Crippen LogP contribution in [0.2, 0.25) is 0 Å². The molecule has 2 aromatic heterocycles. The van der Waals surface area contributed by atoms with Crippen molar-refractivity contribution in [3.63, 3.8) is 0 Å². The van der Waals surface area contributed by atoms with Crippen molar-refractivity contribution in [3.05, 3.63) is 41.2 Å². The second-order valence-corrected chi connectivity index (χ2v) is 3.54. The third-order valence-electron chi connectivity index (χ3n) is 2.11. The molecule has 6 nitrogen and oxygen atoms in total. The first-order chi connectivity index (χ1) is 7.75. The summed E-state index contributed by atoms with van der Waals surface area (Å²) in [6, 6.07) is 1.94. The van der Waals surface area contributed by atoms with E-state index in [1.54, 1.807) is 17.1 Å². The topological polar surface area (TPSA) is 75.6 Å². The van der Waals surface area contributed by atoms with Gasteiger partial charge in [0.25, 0.3) is 5.56 Å². The minimum absolute atomic E-state index is 0.0795. The SMILES string of the molecule is CC(Cn1cccn1)Nc1ncc[nH]c1=O. The molecule has 0 aliphatic heterocycles. The van der Waals surface area contributed by atoms with Crippen LogP contribution >= 0.6 is 0 Å². The Balaban J connectivity index is 2.00. The molecule has 0 spiro atoms. The normalized spacial score (nSPS) is 12.3. The van der Waals surface area contributed by atoms with Crippen molar-refractivity contribution in [1.29, 1.82) is 0 Å². The van der Waals surface area contributed by atoms with Crippen molar-refractivity contribution in [2.75, 3.05) is 5.32 Å². The maximum Gasteiger partial charge on any atom is 0.290 e. The predicted molar refractivity (Wildman–Crippen MR) is 60.2 cm³/mol. The Labute approximate surface area is 92.3 Å². The first kappa shape index (κ1) is 10.4. The first-order valence-electron chi connectivity index (χ1n) is 5.03. The molecule has 0 fully saturated rings. The molecule has 6 heteroatoms. The minimum atomic E-state index is -0.213. The fourth-order valence-electron chi connectivity index (χ4n) is 1.42. The van der Waals surface area contributed by atoms with Gasteiger partial charge in [-0.05, 0) is 13.0 Å². The zero-order chi connectivity index (χ0) is 11.4. The largest absolute Gasteiger partial charge is 0.361 e. The lowest BCUT2D eigenvalue weighted by Crippen LogP contribution is -2.26. The second-order valence-electron chi connectivity index (χ2n) is 3.54. The van der Waals surface area contributed by atoms with E-state index in [2.05, 4.69) is 20.4 Å². The molecule has 2 aromatic rings. The maximum absolute atomic E-state index is 11.4. The minimum Gasteiger partial charge on any atom is -0.361 e. The van der Waals surface area contributed by atoms with Crippen LogP contribution in [-0.2, 0) is 6.54 Å². The van der Waals surface area contributed by atoms with E-state index < -0.39 is 0 Å². The van der Waals surface area contributed by atoms with Crippen molar-refractivity contribution < 1.29 is 0 Å². The molecule has 2 rings (SSSR count). The molecule has 0 bridgehead atoms. The van der Waals surface area contributed by atoms with Gasteiger partial charge in [0.05, 0.1) is 6.54 Å². The second kappa shape index (κ2) is 4.61. The van der Waals surface area contributed by atoms with E-state index in [4.69, 9.17) is 0 Å². The third kappa shape index (κ3) is 2.47. The van der Waals surface area contributed by atoms with Crippen molar-refractivity contribution >= 4 is 5.82 Å². The predicted octanol–water partition coefficient (Wildman–Crippen LogP) is 0.467. The molecule has 2 N–H and O–H groups in total. The van der Waals surface area contributed by atoms with Crippen LogP contribution in [0.15, 0.2) is 35.6 Å². The average molecular weight is 219 g/mol. The molecule has 16 heavy (non-hydrogen) atoms. The summed E-state index contributed by atoms with van der Waals surface area (Å²) < 4.78 is 1.80. The Morgan fingerprint density at radius 3 is 3.12 bits per heavy atom. The van der Waals surface area contributed by atoms with Crippen molar-refractivity contribution in [2.45, 2.75) is 19.5 Å². The molecule has 0 amide bonds. The Bertz CT molecular complexity index is 490. The zero-order valence-corrected chi connectivity index (χ0v) is 8.92. The summed E-state index contributed by atoms with van der Waals surface area (Å²) in [7, 11) is 0. The summed E-state index contributed by atoms with van der Waals surface area (Å²) in [4.78, 5) is 17.9. The highest BCUT2D eigenvalue weighted by Crippen LogP contribution is 1.98. The molecule has 0 aromatic carbocycles. The zero-order valence-electron chi connectivity index (χ0n) is 8.92. The van der Waals surface area contributed by atoms with Gasteiger partial charge in [0.15, 0.2) is 5.82 Å². The standard InChI is InChI=1S/C10H13N5O/c1-8(7-15-6-2-3-13-15)14-9-10(16)12-5-4-11-9/h2-6,8H,7H2,1H3,(H,11,14)(H,12,16). The molecule has 0 radical (unpaired) electrons. The fraction of sp³-hybridized carbons (Fsp3) is 0.300. The van der Waals surface area contributed by atoms with Crippen LogP contribution in [0, 0.1) is 0 Å². The van der Waals surface area contributed by atoms with Crippen LogP contribution < -0.4 is 10.9 Å². The Hall–Kier alpha value is -2.11. The lowest BCUT2D eigenvalue weighted by atomic mass is 10.3. The summed E-state index contributed by atoms with van der Waals surface area (Å²) >= 11 is 0. The highest BCUT2D eigenvalue weighted by Gasteiger charge is 2.06. The van der Waals surface area contributed by atoms with Crippen LogP contribution in [0.4, 0.5) is 5.82 Å². The van der Waals surface area contributed by atoms with Gasteiger partial charge in [0, 0.05) is 30.8 Å². The van der Waals surface area contributed by atoms with Gasteiger partial charge < -0.3 is 10.3 Å². The molecular formula is C10H13N5O. The number of H-pyrrole nitrogens is 1. The Kier molecular flexibility index (Phi) is 3.00. The van der Waals surface area contributed by atoms with Gasteiger partial charge in [0.1, 0.15) is 0 Å². The first-order valence-corrected chi connectivity index (χ1v) is 5.03. The molecule has 1 unspecified atom stereocenters. The van der Waals surface area contributed by atoms with E-state index >= 15 is 0 Å². The Morgan fingerprint density at radius 2 is 2.44 bits per heavy atom. The van der Waals surface area contributed by atoms with E-state index in [1.807, 2.05) is 19.2 Å². The van der Waals surface area contributed by atoms with E-state index in [9.17, 15) is 4.79 Å². The molecule has 84 valence electrons. The highest BCUT2D eigenvalue weighted by molar-refractivity contribution is 5.31. The molecule has 0 saturated carbocycles. The average Bonchev–Trinajstić information content (AvgIpc) is 2.74. The number of anilines is 1. The molecule has 2 heterocycles. The van der Waals surface area contributed by atoms with Crippen molar-refractivity contribution in [2.24, 2.45) is 0 Å². The van der Waals surface area contributed by atoms with E-state index in [-0.39, 0.29) is 11.6 Å². The van der Waals surface area contributed by atoms with Gasteiger partial charge >= 0.3 is 0 Å². The highest BCUT2D eigenvalue weighted by atomic mass is 16.1. The maximum atomic E-state index is 11.4. The summed E-state index contributed by atoms with van der Waals surface area (Å²) in [5.74, 6) is 0.335. The smallest absolute Gasteiger partial charge is 0.290 e. The summed E-state index contributed by atoms with van der Waals surface area (Å²) in [6.07, 6.45) is 6.65. The molecule has 1 atom stereocenters. The lowest BCUT2D eigenvalue weighted by molar-refractivity contribution is 0.559. The van der Waals surface area contributed by atoms with Gasteiger partial charge in [-0.15, -0.1) is 0 Å². The van der Waals surface area contributed by atoms with E-state index in [0.29, 0.717) is 12.4 Å². The van der Waals surface area contributed by atoms with Crippen LogP contribution in [0.3, 0.4) is 0 Å². The van der Waals surface area contributed by atoms with Crippen molar-refractivity contribution in [1.82, 2.24) is 19.7 Å². The molecule has 0 aliphatic carbocycles. The number of aromatic nitrogens is 4. The van der Waals surface area contributed by atoms with Crippen LogP contribution in [0.25, 0.3) is 0 Å². The quantitative estimate of drug-likeness (QED) is 0.783. The van der Waals surface area contributed by atoms with Gasteiger partial charge in [-0.1, -0.05) is 0 Å².